The molecule has 2 N–H and O–H groups in total. The van der Waals surface area contributed by atoms with Gasteiger partial charge in [0.05, 0.1) is 22.8 Å². The fourth-order valence-electron chi connectivity index (χ4n) is 3.62. The topological polar surface area (TPSA) is 68.5 Å². The summed E-state index contributed by atoms with van der Waals surface area (Å²) in [6.07, 6.45) is 0. The minimum atomic E-state index is 0.408. The molecule has 0 unspecified atom stereocenters. The molecule has 3 heterocycles. The Labute approximate surface area is 187 Å². The first-order chi connectivity index (χ1) is 15.6. The lowest BCUT2D eigenvalue weighted by molar-refractivity contribution is 0.245. The number of hydrogen-bond donors (Lipinski definition) is 2. The predicted molar refractivity (Wildman–Crippen MR) is 121 cm³/mol. The van der Waals surface area contributed by atoms with Crippen molar-refractivity contribution in [2.75, 3.05) is 0 Å². The van der Waals surface area contributed by atoms with E-state index < -0.39 is 0 Å². The van der Waals surface area contributed by atoms with E-state index in [2.05, 4.69) is 23.8 Å². The second kappa shape index (κ2) is 8.75. The molecule has 0 amide bonds. The van der Waals surface area contributed by atoms with Crippen molar-refractivity contribution in [1.29, 1.82) is 0 Å². The fraction of sp³-hybridized carbons (Fsp3) is 0.231. The maximum absolute atomic E-state index is 6.13. The number of para-hydroxylation sites is 2. The highest BCUT2D eigenvalue weighted by molar-refractivity contribution is 5.47. The number of rotatable bonds is 0. The van der Waals surface area contributed by atoms with Crippen molar-refractivity contribution in [2.24, 2.45) is 0 Å². The molecule has 0 fully saturated rings. The molecule has 1 aliphatic heterocycles. The highest BCUT2D eigenvalue weighted by Crippen LogP contribution is 2.32. The summed E-state index contributed by atoms with van der Waals surface area (Å²) in [6.45, 7) is 5.78. The van der Waals surface area contributed by atoms with E-state index in [0.29, 0.717) is 37.9 Å². The highest BCUT2D eigenvalue weighted by Gasteiger charge is 2.12. The van der Waals surface area contributed by atoms with E-state index in [0.717, 1.165) is 45.4 Å². The van der Waals surface area contributed by atoms with Gasteiger partial charge in [0.1, 0.15) is 26.4 Å². The summed E-state index contributed by atoms with van der Waals surface area (Å²) in [6, 6.07) is 19.8. The van der Waals surface area contributed by atoms with Gasteiger partial charge in [-0.1, -0.05) is 12.1 Å². The number of nitrogens with one attached hydrogen (secondary N) is 2. The van der Waals surface area contributed by atoms with Crippen molar-refractivity contribution in [3.05, 3.63) is 94.6 Å². The van der Waals surface area contributed by atoms with Crippen molar-refractivity contribution in [3.63, 3.8) is 0 Å². The number of H-pyrrole nitrogens is 2. The van der Waals surface area contributed by atoms with E-state index in [9.17, 15) is 0 Å². The molecular weight excluding hydrogens is 404 g/mol. The van der Waals surface area contributed by atoms with Gasteiger partial charge in [-0.2, -0.15) is 0 Å². The largest absolute Gasteiger partial charge is 0.483 e. The Balaban J connectivity index is 1.45. The SMILES string of the molecule is Cc1cc2c(cc1C)OCc1ccc([nH]1)COc1ccccc1OCc1ccc([nH]1)CO2. The smallest absolute Gasteiger partial charge is 0.162 e. The van der Waals surface area contributed by atoms with Crippen molar-refractivity contribution in [1.82, 2.24) is 9.97 Å². The molecule has 32 heavy (non-hydrogen) atoms. The lowest BCUT2D eigenvalue weighted by atomic mass is 10.1. The van der Waals surface area contributed by atoms with E-state index in [4.69, 9.17) is 18.9 Å². The van der Waals surface area contributed by atoms with Gasteiger partial charge in [-0.15, -0.1) is 0 Å². The molecule has 164 valence electrons. The summed E-state index contributed by atoms with van der Waals surface area (Å²) in [4.78, 5) is 6.74. The van der Waals surface area contributed by atoms with E-state index in [1.165, 1.54) is 0 Å². The maximum Gasteiger partial charge on any atom is 0.162 e. The summed E-state index contributed by atoms with van der Waals surface area (Å²) in [7, 11) is 0. The van der Waals surface area contributed by atoms with Gasteiger partial charge in [0.25, 0.3) is 0 Å². The van der Waals surface area contributed by atoms with Gasteiger partial charge in [-0.3, -0.25) is 0 Å². The van der Waals surface area contributed by atoms with Crippen LogP contribution < -0.4 is 18.9 Å². The standard InChI is InChI=1S/C26H26N2O4/c1-17-11-25-26(12-18(17)2)32-16-22-10-8-20(28-22)14-30-24-6-4-3-5-23(24)29-13-19-7-9-21(27-19)15-31-25/h3-12,27-28H,13-16H2,1-2H3. The third kappa shape index (κ3) is 4.44. The zero-order valence-corrected chi connectivity index (χ0v) is 18.2. The Bertz CT molecular complexity index is 1130. The van der Waals surface area contributed by atoms with Crippen molar-refractivity contribution < 1.29 is 18.9 Å². The van der Waals surface area contributed by atoms with Gasteiger partial charge in [0.15, 0.2) is 23.0 Å². The van der Waals surface area contributed by atoms with Crippen molar-refractivity contribution in [2.45, 2.75) is 40.3 Å². The Morgan fingerprint density at radius 2 is 0.844 bits per heavy atom. The molecule has 2 aromatic carbocycles. The lowest BCUT2D eigenvalue weighted by Crippen LogP contribution is -2.04. The number of aromatic nitrogens is 2. The van der Waals surface area contributed by atoms with Crippen LogP contribution in [0.3, 0.4) is 0 Å². The molecule has 5 rings (SSSR count). The summed E-state index contributed by atoms with van der Waals surface area (Å²) in [5, 5.41) is 0. The minimum Gasteiger partial charge on any atom is -0.483 e. The second-order valence-corrected chi connectivity index (χ2v) is 8.00. The summed E-state index contributed by atoms with van der Waals surface area (Å²) < 4.78 is 24.3. The Morgan fingerprint density at radius 3 is 1.22 bits per heavy atom. The Kier molecular flexibility index (Phi) is 5.50. The Hall–Kier alpha value is -3.80. The molecule has 6 nitrogen and oxygen atoms in total. The van der Waals surface area contributed by atoms with Crippen LogP contribution in [0, 0.1) is 13.8 Å². The van der Waals surface area contributed by atoms with Gasteiger partial charge in [0, 0.05) is 0 Å². The zero-order valence-electron chi connectivity index (χ0n) is 18.2. The maximum atomic E-state index is 6.13. The Morgan fingerprint density at radius 1 is 0.500 bits per heavy atom. The van der Waals surface area contributed by atoms with E-state index in [-0.39, 0.29) is 0 Å². The molecule has 1 aliphatic rings. The fourth-order valence-corrected chi connectivity index (χ4v) is 3.62. The number of aromatic amines is 2. The molecule has 4 aromatic rings. The van der Waals surface area contributed by atoms with Gasteiger partial charge in [-0.05, 0) is 73.5 Å². The van der Waals surface area contributed by atoms with Gasteiger partial charge < -0.3 is 28.9 Å². The summed E-state index contributed by atoms with van der Waals surface area (Å²) in [5.41, 5.74) is 6.18. The number of hydrogen-bond acceptors (Lipinski definition) is 4. The quantitative estimate of drug-likeness (QED) is 0.382. The molecule has 0 radical (unpaired) electrons. The van der Waals surface area contributed by atoms with Crippen LogP contribution in [0.25, 0.3) is 0 Å². The number of benzene rings is 2. The minimum absolute atomic E-state index is 0.408. The molecular formula is C26H26N2O4. The van der Waals surface area contributed by atoms with E-state index in [1.807, 2.05) is 60.7 Å². The van der Waals surface area contributed by atoms with Gasteiger partial charge in [-0.25, -0.2) is 0 Å². The molecule has 2 aromatic heterocycles. The first-order valence-electron chi connectivity index (χ1n) is 10.7. The highest BCUT2D eigenvalue weighted by atomic mass is 16.5. The number of fused-ring (bicyclic) bond motifs is 6. The van der Waals surface area contributed by atoms with Crippen molar-refractivity contribution >= 4 is 0 Å². The number of aryl methyl sites for hydroxylation is 2. The molecule has 0 atom stereocenters. The van der Waals surface area contributed by atoms with Crippen LogP contribution in [0.5, 0.6) is 23.0 Å². The average Bonchev–Trinajstić information content (AvgIpc) is 3.45. The zero-order chi connectivity index (χ0) is 21.9. The molecule has 6 heteroatoms. The van der Waals surface area contributed by atoms with Crippen LogP contribution in [0.15, 0.2) is 60.7 Å². The first-order valence-corrected chi connectivity index (χ1v) is 10.7. The van der Waals surface area contributed by atoms with Crippen LogP contribution in [0.4, 0.5) is 0 Å². The third-order valence-corrected chi connectivity index (χ3v) is 5.56. The normalized spacial score (nSPS) is 13.8. The summed E-state index contributed by atoms with van der Waals surface area (Å²) in [5.74, 6) is 2.86. The third-order valence-electron chi connectivity index (χ3n) is 5.56. The van der Waals surface area contributed by atoms with Crippen LogP contribution in [0.1, 0.15) is 33.9 Å². The number of ether oxygens (including phenoxy) is 4. The molecule has 0 saturated carbocycles. The lowest BCUT2D eigenvalue weighted by Gasteiger charge is -2.15. The van der Waals surface area contributed by atoms with Crippen LogP contribution >= 0.6 is 0 Å². The van der Waals surface area contributed by atoms with Crippen LogP contribution in [0.2, 0.25) is 0 Å². The van der Waals surface area contributed by atoms with Crippen LogP contribution in [-0.4, -0.2) is 9.97 Å². The van der Waals surface area contributed by atoms with E-state index >= 15 is 0 Å². The van der Waals surface area contributed by atoms with Crippen molar-refractivity contribution in [3.8, 4) is 23.0 Å². The van der Waals surface area contributed by atoms with Crippen LogP contribution in [-0.2, 0) is 26.4 Å². The monoisotopic (exact) mass is 430 g/mol. The van der Waals surface area contributed by atoms with Gasteiger partial charge >= 0.3 is 0 Å². The second-order valence-electron chi connectivity index (χ2n) is 8.00. The molecule has 4 bridgehead atoms. The van der Waals surface area contributed by atoms with E-state index in [1.54, 1.807) is 0 Å². The predicted octanol–water partition coefficient (Wildman–Crippen LogP) is 5.59. The molecule has 0 aliphatic carbocycles. The van der Waals surface area contributed by atoms with Gasteiger partial charge in [0.2, 0.25) is 0 Å². The average molecular weight is 431 g/mol. The first kappa shape index (κ1) is 20.1. The molecule has 0 spiro atoms. The summed E-state index contributed by atoms with van der Waals surface area (Å²) >= 11 is 0. The molecule has 0 saturated heterocycles.